The zero-order chi connectivity index (χ0) is 13.7. The van der Waals surface area contributed by atoms with Crippen LogP contribution in [0.5, 0.6) is 0 Å². The van der Waals surface area contributed by atoms with Crippen LogP contribution in [0.4, 0.5) is 0 Å². The second kappa shape index (κ2) is 7.53. The summed E-state index contributed by atoms with van der Waals surface area (Å²) in [4.78, 5) is 2.15. The van der Waals surface area contributed by atoms with Crippen LogP contribution in [-0.4, -0.2) is 47.3 Å². The van der Waals surface area contributed by atoms with Crippen LogP contribution < -0.4 is 5.73 Å². The number of nitrogens with zero attached hydrogens (tertiary/aromatic N) is 3. The lowest BCUT2D eigenvalue weighted by Gasteiger charge is -2.21. The fraction of sp³-hybridized carbons (Fsp3) is 0.750. The van der Waals surface area contributed by atoms with Crippen LogP contribution in [0.25, 0.3) is 0 Å². The molecule has 1 rings (SSSR count). The lowest BCUT2D eigenvalue weighted by atomic mass is 10.0. The Hall–Kier alpha value is -0.0400. The molecule has 2 unspecified atom stereocenters. The van der Waals surface area contributed by atoms with Gasteiger partial charge >= 0.3 is 0 Å². The van der Waals surface area contributed by atoms with Gasteiger partial charge < -0.3 is 10.6 Å². The molecule has 0 spiro atoms. The first-order valence-corrected chi connectivity index (χ1v) is 8.26. The smallest absolute Gasteiger partial charge is 0.0697 e. The second-order valence-electron chi connectivity index (χ2n) is 4.86. The number of halogens is 1. The van der Waals surface area contributed by atoms with Crippen LogP contribution in [0.2, 0.25) is 0 Å². The minimum atomic E-state index is 0.0245. The number of thioether (sulfide) groups is 1. The van der Waals surface area contributed by atoms with Crippen LogP contribution in [0, 0.1) is 5.92 Å². The molecule has 6 heteroatoms. The van der Waals surface area contributed by atoms with Crippen molar-refractivity contribution in [2.75, 3.05) is 32.6 Å². The Morgan fingerprint density at radius 3 is 2.78 bits per heavy atom. The lowest BCUT2D eigenvalue weighted by molar-refractivity contribution is 0.360. The Labute approximate surface area is 122 Å². The summed E-state index contributed by atoms with van der Waals surface area (Å²) in [5.74, 6) is 1.50. The molecule has 0 saturated heterocycles. The van der Waals surface area contributed by atoms with Crippen LogP contribution in [0.3, 0.4) is 0 Å². The van der Waals surface area contributed by atoms with E-state index in [0.717, 1.165) is 29.0 Å². The van der Waals surface area contributed by atoms with E-state index in [4.69, 9.17) is 5.73 Å². The Kier molecular flexibility index (Phi) is 6.70. The summed E-state index contributed by atoms with van der Waals surface area (Å²) in [7, 11) is 4.13. The minimum absolute atomic E-state index is 0.0245. The van der Waals surface area contributed by atoms with Gasteiger partial charge in [0.1, 0.15) is 0 Å². The van der Waals surface area contributed by atoms with E-state index in [-0.39, 0.29) is 6.04 Å². The number of nitrogens with two attached hydrogens (primary N) is 1. The molecule has 0 saturated carbocycles. The Morgan fingerprint density at radius 2 is 2.22 bits per heavy atom. The average molecular weight is 335 g/mol. The predicted octanol–water partition coefficient (Wildman–Crippen LogP) is 2.21. The van der Waals surface area contributed by atoms with Gasteiger partial charge in [0, 0.05) is 6.54 Å². The molecule has 4 nitrogen and oxygen atoms in total. The van der Waals surface area contributed by atoms with Gasteiger partial charge in [0.25, 0.3) is 0 Å². The number of hydrogen-bond acceptors (Lipinski definition) is 4. The van der Waals surface area contributed by atoms with E-state index in [1.165, 1.54) is 0 Å². The van der Waals surface area contributed by atoms with Crippen LogP contribution >= 0.6 is 27.7 Å². The number of rotatable bonds is 7. The van der Waals surface area contributed by atoms with Gasteiger partial charge in [0.05, 0.1) is 29.0 Å². The van der Waals surface area contributed by atoms with Crippen molar-refractivity contribution in [3.05, 3.63) is 16.4 Å². The van der Waals surface area contributed by atoms with E-state index in [9.17, 15) is 0 Å². The Morgan fingerprint density at radius 1 is 1.56 bits per heavy atom. The van der Waals surface area contributed by atoms with Gasteiger partial charge in [0.2, 0.25) is 0 Å². The molecule has 0 amide bonds. The van der Waals surface area contributed by atoms with Crippen molar-refractivity contribution in [2.24, 2.45) is 11.7 Å². The van der Waals surface area contributed by atoms with E-state index < -0.39 is 0 Å². The molecule has 1 aromatic heterocycles. The molecular formula is C12H23BrN4S. The van der Waals surface area contributed by atoms with Gasteiger partial charge in [-0.2, -0.15) is 16.9 Å². The largest absolute Gasteiger partial charge is 0.322 e. The number of hydrogen-bond donors (Lipinski definition) is 1. The summed E-state index contributed by atoms with van der Waals surface area (Å²) < 4.78 is 3.03. The molecule has 104 valence electrons. The molecule has 0 aliphatic heterocycles. The van der Waals surface area contributed by atoms with Gasteiger partial charge in [-0.05, 0) is 48.0 Å². The second-order valence-corrected chi connectivity index (χ2v) is 6.63. The maximum Gasteiger partial charge on any atom is 0.0697 e. The van der Waals surface area contributed by atoms with Crippen LogP contribution in [0.1, 0.15) is 18.7 Å². The van der Waals surface area contributed by atoms with Crippen molar-refractivity contribution < 1.29 is 0 Å². The standard InChI is InChI=1S/C12H23BrN4S/c1-9(8-18-4)11(14)12-10(13)7-15-17(12)6-5-16(2)3/h7,9,11H,5-6,8,14H2,1-4H3. The number of likely N-dealkylation sites (N-methyl/N-ethyl adjacent to an activating group) is 1. The quantitative estimate of drug-likeness (QED) is 0.830. The van der Waals surface area contributed by atoms with Gasteiger partial charge in [-0.25, -0.2) is 0 Å². The topological polar surface area (TPSA) is 47.1 Å². The summed E-state index contributed by atoms with van der Waals surface area (Å²) >= 11 is 5.39. The van der Waals surface area contributed by atoms with Crippen molar-refractivity contribution in [1.29, 1.82) is 0 Å². The Bertz CT molecular complexity index is 367. The minimum Gasteiger partial charge on any atom is -0.322 e. The van der Waals surface area contributed by atoms with Crippen molar-refractivity contribution >= 4 is 27.7 Å². The fourth-order valence-corrected chi connectivity index (χ4v) is 3.11. The van der Waals surface area contributed by atoms with Crippen LogP contribution in [0.15, 0.2) is 10.7 Å². The van der Waals surface area contributed by atoms with Gasteiger partial charge in [-0.3, -0.25) is 4.68 Å². The fourth-order valence-electron chi connectivity index (χ4n) is 1.81. The molecule has 0 aromatic carbocycles. The molecule has 0 aliphatic carbocycles. The van der Waals surface area contributed by atoms with Crippen molar-refractivity contribution in [1.82, 2.24) is 14.7 Å². The van der Waals surface area contributed by atoms with E-state index >= 15 is 0 Å². The molecule has 1 heterocycles. The van der Waals surface area contributed by atoms with Crippen molar-refractivity contribution in [3.8, 4) is 0 Å². The SMILES string of the molecule is CSCC(C)C(N)c1c(Br)cnn1CCN(C)C. The zero-order valence-corrected chi connectivity index (χ0v) is 14.0. The third-order valence-electron chi connectivity index (χ3n) is 2.95. The summed E-state index contributed by atoms with van der Waals surface area (Å²) in [6, 6.07) is 0.0245. The molecule has 0 fully saturated rings. The third-order valence-corrected chi connectivity index (χ3v) is 4.42. The normalized spacial score (nSPS) is 15.1. The van der Waals surface area contributed by atoms with Gasteiger partial charge in [-0.15, -0.1) is 0 Å². The molecule has 0 radical (unpaired) electrons. The highest BCUT2D eigenvalue weighted by atomic mass is 79.9. The van der Waals surface area contributed by atoms with E-state index in [2.05, 4.69) is 53.2 Å². The average Bonchev–Trinajstić information content (AvgIpc) is 2.67. The molecule has 0 bridgehead atoms. The monoisotopic (exact) mass is 334 g/mol. The molecule has 2 N–H and O–H groups in total. The Balaban J connectivity index is 2.82. The van der Waals surface area contributed by atoms with Gasteiger partial charge in [-0.1, -0.05) is 6.92 Å². The summed E-state index contributed by atoms with van der Waals surface area (Å²) in [6.45, 7) is 4.02. The zero-order valence-electron chi connectivity index (χ0n) is 11.6. The first-order valence-electron chi connectivity index (χ1n) is 6.07. The predicted molar refractivity (Wildman–Crippen MR) is 83.0 cm³/mol. The summed E-state index contributed by atoms with van der Waals surface area (Å²) in [5.41, 5.74) is 7.47. The summed E-state index contributed by atoms with van der Waals surface area (Å²) in [6.07, 6.45) is 3.96. The van der Waals surface area contributed by atoms with Gasteiger partial charge in [0.15, 0.2) is 0 Å². The third kappa shape index (κ3) is 4.26. The van der Waals surface area contributed by atoms with E-state index in [0.29, 0.717) is 5.92 Å². The maximum atomic E-state index is 6.36. The highest BCUT2D eigenvalue weighted by Crippen LogP contribution is 2.28. The molecule has 0 aliphatic rings. The van der Waals surface area contributed by atoms with Crippen LogP contribution in [-0.2, 0) is 6.54 Å². The number of aromatic nitrogens is 2. The van der Waals surface area contributed by atoms with E-state index in [1.54, 1.807) is 0 Å². The highest BCUT2D eigenvalue weighted by Gasteiger charge is 2.21. The lowest BCUT2D eigenvalue weighted by Crippen LogP contribution is -2.27. The molecule has 2 atom stereocenters. The molecular weight excluding hydrogens is 312 g/mol. The van der Waals surface area contributed by atoms with Crippen molar-refractivity contribution in [2.45, 2.75) is 19.5 Å². The maximum absolute atomic E-state index is 6.36. The summed E-state index contributed by atoms with van der Waals surface area (Å²) in [5, 5.41) is 4.41. The first kappa shape index (κ1) is 16.0. The highest BCUT2D eigenvalue weighted by molar-refractivity contribution is 9.10. The van der Waals surface area contributed by atoms with Crippen molar-refractivity contribution in [3.63, 3.8) is 0 Å². The molecule has 18 heavy (non-hydrogen) atoms. The first-order chi connectivity index (χ1) is 8.47. The molecule has 1 aromatic rings. The van der Waals surface area contributed by atoms with E-state index in [1.807, 2.05) is 22.6 Å².